The summed E-state index contributed by atoms with van der Waals surface area (Å²) < 4.78 is 34.8. The zero-order chi connectivity index (χ0) is 13.0. The number of aromatic nitrogens is 1. The zero-order valence-corrected chi connectivity index (χ0v) is 9.79. The van der Waals surface area contributed by atoms with Gasteiger partial charge in [-0.05, 0) is 19.9 Å². The Morgan fingerprint density at radius 2 is 2.18 bits per heavy atom. The van der Waals surface area contributed by atoms with Crippen molar-refractivity contribution in [3.63, 3.8) is 0 Å². The van der Waals surface area contributed by atoms with Crippen LogP contribution in [-0.4, -0.2) is 24.7 Å². The van der Waals surface area contributed by atoms with E-state index < -0.39 is 12.4 Å². The van der Waals surface area contributed by atoms with Crippen molar-refractivity contribution in [3.8, 4) is 5.75 Å². The van der Waals surface area contributed by atoms with E-state index in [1.165, 1.54) is 14.0 Å². The van der Waals surface area contributed by atoms with Crippen molar-refractivity contribution in [1.29, 1.82) is 0 Å². The highest BCUT2D eigenvalue weighted by Gasteiger charge is 2.21. The van der Waals surface area contributed by atoms with Gasteiger partial charge in [-0.1, -0.05) is 0 Å². The van der Waals surface area contributed by atoms with E-state index >= 15 is 0 Å². The maximum Gasteiger partial charge on any atom is 0.360 e. The van der Waals surface area contributed by atoms with Gasteiger partial charge < -0.3 is 9.47 Å². The molecule has 1 rings (SSSR count). The summed E-state index contributed by atoms with van der Waals surface area (Å²) in [5.74, 6) is -0.697. The van der Waals surface area contributed by atoms with E-state index in [1.54, 1.807) is 6.92 Å². The van der Waals surface area contributed by atoms with Gasteiger partial charge in [0, 0.05) is 11.3 Å². The van der Waals surface area contributed by atoms with Crippen molar-refractivity contribution in [1.82, 2.24) is 4.98 Å². The van der Waals surface area contributed by atoms with Crippen molar-refractivity contribution >= 4 is 5.97 Å². The van der Waals surface area contributed by atoms with Crippen molar-refractivity contribution in [3.05, 3.63) is 23.0 Å². The maximum atomic E-state index is 12.6. The minimum absolute atomic E-state index is 0.00986. The van der Waals surface area contributed by atoms with Crippen LogP contribution in [0.15, 0.2) is 6.07 Å². The minimum atomic E-state index is -2.66. The second kappa shape index (κ2) is 5.56. The summed E-state index contributed by atoms with van der Waals surface area (Å²) in [5, 5.41) is 0. The van der Waals surface area contributed by atoms with Gasteiger partial charge in [-0.25, -0.2) is 18.6 Å². The predicted molar refractivity (Wildman–Crippen MR) is 56.4 cm³/mol. The molecule has 1 heterocycles. The number of halogens is 2. The molecule has 0 atom stereocenters. The number of alkyl halides is 2. The van der Waals surface area contributed by atoms with Crippen molar-refractivity contribution < 1.29 is 23.0 Å². The highest BCUT2D eigenvalue weighted by Crippen LogP contribution is 2.28. The van der Waals surface area contributed by atoms with Crippen LogP contribution >= 0.6 is 0 Å². The third kappa shape index (κ3) is 2.89. The number of esters is 1. The smallest absolute Gasteiger partial charge is 0.360 e. The molecular weight excluding hydrogens is 232 g/mol. The number of carbonyl (C=O) groups excluding carboxylic acids is 1. The summed E-state index contributed by atoms with van der Waals surface area (Å²) in [5.41, 5.74) is -0.255. The van der Waals surface area contributed by atoms with E-state index in [2.05, 4.69) is 4.98 Å². The predicted octanol–water partition coefficient (Wildman–Crippen LogP) is 2.51. The first-order valence-corrected chi connectivity index (χ1v) is 5.02. The molecule has 0 spiro atoms. The lowest BCUT2D eigenvalue weighted by atomic mass is 10.1. The zero-order valence-electron chi connectivity index (χ0n) is 9.79. The Bertz CT molecular complexity index is 421. The largest absolute Gasteiger partial charge is 0.494 e. The molecule has 0 aliphatic heterocycles. The lowest BCUT2D eigenvalue weighted by Crippen LogP contribution is -2.11. The first-order valence-electron chi connectivity index (χ1n) is 5.02. The maximum absolute atomic E-state index is 12.6. The normalized spacial score (nSPS) is 10.5. The Morgan fingerprint density at radius 3 is 2.65 bits per heavy atom. The van der Waals surface area contributed by atoms with E-state index in [1.807, 2.05) is 0 Å². The molecule has 0 saturated heterocycles. The molecule has 0 N–H and O–H groups in total. The minimum Gasteiger partial charge on any atom is -0.494 e. The highest BCUT2D eigenvalue weighted by atomic mass is 19.3. The van der Waals surface area contributed by atoms with Gasteiger partial charge >= 0.3 is 5.97 Å². The second-order valence-corrected chi connectivity index (χ2v) is 3.24. The Morgan fingerprint density at radius 1 is 1.53 bits per heavy atom. The topological polar surface area (TPSA) is 48.4 Å². The molecule has 0 aliphatic carbocycles. The van der Waals surface area contributed by atoms with Crippen molar-refractivity contribution in [2.45, 2.75) is 20.3 Å². The number of carbonyl (C=O) groups is 1. The van der Waals surface area contributed by atoms with E-state index in [-0.39, 0.29) is 29.3 Å². The fraction of sp³-hybridized carbons (Fsp3) is 0.455. The number of hydrogen-bond donors (Lipinski definition) is 0. The molecule has 0 radical (unpaired) electrons. The Balaban J connectivity index is 3.23. The summed E-state index contributed by atoms with van der Waals surface area (Å²) >= 11 is 0. The molecular formula is C11H13F2NO3. The van der Waals surface area contributed by atoms with Crippen LogP contribution in [0, 0.1) is 6.92 Å². The fourth-order valence-corrected chi connectivity index (χ4v) is 1.32. The van der Waals surface area contributed by atoms with Crippen LogP contribution in [0.3, 0.4) is 0 Å². The third-order valence-corrected chi connectivity index (χ3v) is 2.14. The molecule has 94 valence electrons. The SMILES string of the molecule is CCOC(=O)c1nc(C)c(C(F)F)cc1OC. The molecule has 4 nitrogen and oxygen atoms in total. The average molecular weight is 245 g/mol. The summed E-state index contributed by atoms with van der Waals surface area (Å²) in [7, 11) is 1.28. The molecule has 0 aromatic carbocycles. The molecule has 1 aromatic heterocycles. The van der Waals surface area contributed by atoms with Gasteiger partial charge in [-0.2, -0.15) is 0 Å². The van der Waals surface area contributed by atoms with Gasteiger partial charge in [0.25, 0.3) is 6.43 Å². The summed E-state index contributed by atoms with van der Waals surface area (Å²) in [6.45, 7) is 3.23. The number of nitrogens with zero attached hydrogens (tertiary/aromatic N) is 1. The van der Waals surface area contributed by atoms with Crippen LogP contribution in [0.25, 0.3) is 0 Å². The molecule has 0 saturated carbocycles. The Labute approximate surface area is 97.6 Å². The van der Waals surface area contributed by atoms with Gasteiger partial charge in [0.15, 0.2) is 11.4 Å². The number of rotatable bonds is 4. The van der Waals surface area contributed by atoms with Crippen LogP contribution in [0.2, 0.25) is 0 Å². The van der Waals surface area contributed by atoms with Crippen LogP contribution in [0.4, 0.5) is 8.78 Å². The van der Waals surface area contributed by atoms with Gasteiger partial charge in [-0.3, -0.25) is 0 Å². The quantitative estimate of drug-likeness (QED) is 0.765. The standard InChI is InChI=1S/C11H13F2NO3/c1-4-17-11(15)9-8(16-3)5-7(10(12)13)6(2)14-9/h5,10H,4H2,1-3H3. The summed E-state index contributed by atoms with van der Waals surface area (Å²) in [6.07, 6.45) is -2.66. The number of pyridine rings is 1. The Hall–Kier alpha value is -1.72. The van der Waals surface area contributed by atoms with E-state index in [0.717, 1.165) is 6.07 Å². The molecule has 0 aliphatic rings. The number of methoxy groups -OCH3 is 1. The molecule has 0 amide bonds. The molecule has 0 fully saturated rings. The van der Waals surface area contributed by atoms with Gasteiger partial charge in [0.2, 0.25) is 0 Å². The molecule has 0 unspecified atom stereocenters. The Kier molecular flexibility index (Phi) is 4.37. The average Bonchev–Trinajstić information content (AvgIpc) is 2.28. The molecule has 1 aromatic rings. The lowest BCUT2D eigenvalue weighted by molar-refractivity contribution is 0.0514. The lowest BCUT2D eigenvalue weighted by Gasteiger charge is -2.11. The number of aryl methyl sites for hydroxylation is 1. The van der Waals surface area contributed by atoms with Crippen molar-refractivity contribution in [2.75, 3.05) is 13.7 Å². The summed E-state index contributed by atoms with van der Waals surface area (Å²) in [6, 6.07) is 1.11. The van der Waals surface area contributed by atoms with Gasteiger partial charge in [0.1, 0.15) is 0 Å². The van der Waals surface area contributed by atoms with E-state index in [9.17, 15) is 13.6 Å². The number of ether oxygens (including phenoxy) is 2. The van der Waals surface area contributed by atoms with Crippen LogP contribution < -0.4 is 4.74 Å². The second-order valence-electron chi connectivity index (χ2n) is 3.24. The summed E-state index contributed by atoms with van der Waals surface area (Å²) in [4.78, 5) is 15.3. The first-order chi connectivity index (χ1) is 8.01. The number of hydrogen-bond acceptors (Lipinski definition) is 4. The van der Waals surface area contributed by atoms with Crippen LogP contribution in [0.5, 0.6) is 5.75 Å². The fourth-order valence-electron chi connectivity index (χ4n) is 1.32. The molecule has 17 heavy (non-hydrogen) atoms. The van der Waals surface area contributed by atoms with Crippen LogP contribution in [0.1, 0.15) is 35.1 Å². The van der Waals surface area contributed by atoms with Crippen molar-refractivity contribution in [2.24, 2.45) is 0 Å². The third-order valence-electron chi connectivity index (χ3n) is 2.14. The van der Waals surface area contributed by atoms with E-state index in [4.69, 9.17) is 9.47 Å². The molecule has 0 bridgehead atoms. The molecule has 6 heteroatoms. The monoisotopic (exact) mass is 245 g/mol. The van der Waals surface area contributed by atoms with Gasteiger partial charge in [0.05, 0.1) is 13.7 Å². The van der Waals surface area contributed by atoms with Gasteiger partial charge in [-0.15, -0.1) is 0 Å². The first kappa shape index (κ1) is 13.3. The van der Waals surface area contributed by atoms with E-state index in [0.29, 0.717) is 0 Å². The van der Waals surface area contributed by atoms with Crippen LogP contribution in [-0.2, 0) is 4.74 Å². The highest BCUT2D eigenvalue weighted by molar-refractivity contribution is 5.90.